The van der Waals surface area contributed by atoms with E-state index in [-0.39, 0.29) is 22.8 Å². The van der Waals surface area contributed by atoms with E-state index in [2.05, 4.69) is 4.98 Å². The van der Waals surface area contributed by atoms with Gasteiger partial charge < -0.3 is 19.1 Å². The first-order chi connectivity index (χ1) is 15.3. The molecule has 3 rings (SSSR count). The van der Waals surface area contributed by atoms with Crippen molar-refractivity contribution in [3.63, 3.8) is 0 Å². The van der Waals surface area contributed by atoms with Gasteiger partial charge in [0.25, 0.3) is 5.91 Å². The molecule has 0 aliphatic carbocycles. The van der Waals surface area contributed by atoms with Gasteiger partial charge in [0.1, 0.15) is 10.8 Å². The Morgan fingerprint density at radius 2 is 1.91 bits per heavy atom. The van der Waals surface area contributed by atoms with Crippen molar-refractivity contribution in [2.24, 2.45) is 0 Å². The molecular formula is C22H20ClFN2O5S. The molecule has 1 aromatic heterocycles. The molecule has 0 atom stereocenters. The second-order valence-corrected chi connectivity index (χ2v) is 7.90. The molecule has 32 heavy (non-hydrogen) atoms. The number of esters is 1. The van der Waals surface area contributed by atoms with Crippen LogP contribution in [0.25, 0.3) is 10.6 Å². The Morgan fingerprint density at radius 3 is 2.59 bits per heavy atom. The lowest BCUT2D eigenvalue weighted by Gasteiger charge is -2.18. The van der Waals surface area contributed by atoms with Gasteiger partial charge >= 0.3 is 5.97 Å². The fraction of sp³-hybridized carbons (Fsp3) is 0.227. The number of hydrogen-bond donors (Lipinski definition) is 0. The summed E-state index contributed by atoms with van der Waals surface area (Å²) in [5.41, 5.74) is 1.01. The van der Waals surface area contributed by atoms with E-state index in [0.29, 0.717) is 16.5 Å². The van der Waals surface area contributed by atoms with E-state index in [4.69, 9.17) is 25.8 Å². The third-order valence-corrected chi connectivity index (χ3v) is 5.80. The Hall–Kier alpha value is -3.17. The third kappa shape index (κ3) is 5.35. The van der Waals surface area contributed by atoms with Crippen molar-refractivity contribution in [1.82, 2.24) is 9.88 Å². The molecule has 0 aliphatic rings. The Bertz CT molecular complexity index is 1120. The van der Waals surface area contributed by atoms with E-state index in [1.807, 2.05) is 0 Å². The highest BCUT2D eigenvalue weighted by atomic mass is 35.5. The van der Waals surface area contributed by atoms with Gasteiger partial charge in [-0.05, 0) is 30.3 Å². The van der Waals surface area contributed by atoms with Gasteiger partial charge in [-0.25, -0.2) is 14.2 Å². The first-order valence-corrected chi connectivity index (χ1v) is 10.6. The van der Waals surface area contributed by atoms with E-state index in [1.165, 1.54) is 48.6 Å². The number of carbonyl (C=O) groups excluding carboxylic acids is 2. The summed E-state index contributed by atoms with van der Waals surface area (Å²) in [4.78, 5) is 30.1. The summed E-state index contributed by atoms with van der Waals surface area (Å²) >= 11 is 7.24. The molecule has 10 heteroatoms. The smallest absolute Gasteiger partial charge is 0.358 e. The minimum atomic E-state index is -0.737. The van der Waals surface area contributed by atoms with Crippen LogP contribution in [0.15, 0.2) is 41.8 Å². The summed E-state index contributed by atoms with van der Waals surface area (Å²) in [6.45, 7) is -0.563. The number of ether oxygens (including phenoxy) is 3. The lowest BCUT2D eigenvalue weighted by atomic mass is 10.2. The van der Waals surface area contributed by atoms with Crippen molar-refractivity contribution in [2.75, 3.05) is 27.9 Å². The van der Waals surface area contributed by atoms with Gasteiger partial charge in [0, 0.05) is 35.1 Å². The average molecular weight is 479 g/mol. The van der Waals surface area contributed by atoms with Crippen molar-refractivity contribution in [3.05, 3.63) is 63.9 Å². The van der Waals surface area contributed by atoms with Gasteiger partial charge in [0.05, 0.1) is 14.2 Å². The molecule has 0 saturated carbocycles. The predicted octanol–water partition coefficient (Wildman–Crippen LogP) is 4.44. The summed E-state index contributed by atoms with van der Waals surface area (Å²) < 4.78 is 29.5. The van der Waals surface area contributed by atoms with Crippen LogP contribution >= 0.6 is 22.9 Å². The lowest BCUT2D eigenvalue weighted by Crippen LogP contribution is -2.31. The third-order valence-electron chi connectivity index (χ3n) is 4.55. The molecule has 168 valence electrons. The molecule has 1 amide bonds. The van der Waals surface area contributed by atoms with Crippen LogP contribution in [0.3, 0.4) is 0 Å². The number of carbonyl (C=O) groups is 2. The number of aromatic nitrogens is 1. The van der Waals surface area contributed by atoms with Crippen molar-refractivity contribution >= 4 is 34.8 Å². The lowest BCUT2D eigenvalue weighted by molar-refractivity contribution is -0.133. The maximum Gasteiger partial charge on any atom is 0.358 e. The number of amides is 1. The van der Waals surface area contributed by atoms with Crippen molar-refractivity contribution in [1.29, 1.82) is 0 Å². The van der Waals surface area contributed by atoms with Crippen molar-refractivity contribution < 1.29 is 28.2 Å². The van der Waals surface area contributed by atoms with E-state index in [0.717, 1.165) is 5.56 Å². The standard InChI is InChI=1S/C22H20ClFN2O5S/c1-26(10-14-15(23)5-4-6-16(14)24)20(27)11-31-22(28)17-12-32-21(25-17)13-7-8-18(29-2)19(9-13)30-3/h4-9,12H,10-11H2,1-3H3. The average Bonchev–Trinajstić information content (AvgIpc) is 3.29. The van der Waals surface area contributed by atoms with Crippen LogP contribution < -0.4 is 9.47 Å². The van der Waals surface area contributed by atoms with Gasteiger partial charge in [0.2, 0.25) is 0 Å². The summed E-state index contributed by atoms with van der Waals surface area (Å²) in [7, 11) is 4.54. The molecule has 0 aliphatic heterocycles. The monoisotopic (exact) mass is 478 g/mol. The zero-order chi connectivity index (χ0) is 23.3. The first-order valence-electron chi connectivity index (χ1n) is 9.36. The molecule has 0 saturated heterocycles. The largest absolute Gasteiger partial charge is 0.493 e. The van der Waals surface area contributed by atoms with E-state index in [1.54, 1.807) is 30.7 Å². The number of benzene rings is 2. The van der Waals surface area contributed by atoms with E-state index in [9.17, 15) is 14.0 Å². The predicted molar refractivity (Wildman–Crippen MR) is 119 cm³/mol. The quantitative estimate of drug-likeness (QED) is 0.445. The molecule has 1 heterocycles. The second kappa shape index (κ2) is 10.4. The molecular weight excluding hydrogens is 459 g/mol. The molecule has 0 fully saturated rings. The number of halogens is 2. The van der Waals surface area contributed by atoms with Crippen molar-refractivity contribution in [3.8, 4) is 22.1 Å². The van der Waals surface area contributed by atoms with Crippen LogP contribution in [0.1, 0.15) is 16.1 Å². The number of hydrogen-bond acceptors (Lipinski definition) is 7. The van der Waals surface area contributed by atoms with Gasteiger partial charge in [-0.15, -0.1) is 11.3 Å². The zero-order valence-corrected chi connectivity index (χ0v) is 19.1. The zero-order valence-electron chi connectivity index (χ0n) is 17.6. The fourth-order valence-electron chi connectivity index (χ4n) is 2.79. The van der Waals surface area contributed by atoms with Gasteiger partial charge in [-0.3, -0.25) is 4.79 Å². The summed E-state index contributed by atoms with van der Waals surface area (Å²) in [5.74, 6) is -0.648. The summed E-state index contributed by atoms with van der Waals surface area (Å²) in [6, 6.07) is 9.56. The first kappa shape index (κ1) is 23.5. The normalized spacial score (nSPS) is 10.5. The maximum atomic E-state index is 13.9. The highest BCUT2D eigenvalue weighted by molar-refractivity contribution is 7.13. The highest BCUT2D eigenvalue weighted by Crippen LogP contribution is 2.33. The van der Waals surface area contributed by atoms with Crippen LogP contribution in [0, 0.1) is 5.82 Å². The number of likely N-dealkylation sites (N-methyl/N-ethyl adjacent to an activating group) is 1. The Morgan fingerprint density at radius 1 is 1.16 bits per heavy atom. The molecule has 7 nitrogen and oxygen atoms in total. The Kier molecular flexibility index (Phi) is 7.66. The molecule has 0 radical (unpaired) electrons. The van der Waals surface area contributed by atoms with Crippen LogP contribution in [0.4, 0.5) is 4.39 Å². The summed E-state index contributed by atoms with van der Waals surface area (Å²) in [5, 5.41) is 2.34. The van der Waals surface area contributed by atoms with Crippen molar-refractivity contribution in [2.45, 2.75) is 6.54 Å². The number of rotatable bonds is 8. The second-order valence-electron chi connectivity index (χ2n) is 6.63. The minimum Gasteiger partial charge on any atom is -0.493 e. The minimum absolute atomic E-state index is 0.0535. The van der Waals surface area contributed by atoms with Gasteiger partial charge in [-0.2, -0.15) is 0 Å². The van der Waals surface area contributed by atoms with Crippen LogP contribution in [0.5, 0.6) is 11.5 Å². The summed E-state index contributed by atoms with van der Waals surface area (Å²) in [6.07, 6.45) is 0. The van der Waals surface area contributed by atoms with Crippen LogP contribution in [-0.2, 0) is 16.1 Å². The van der Waals surface area contributed by atoms with E-state index >= 15 is 0 Å². The molecule has 0 N–H and O–H groups in total. The maximum absolute atomic E-state index is 13.9. The fourth-order valence-corrected chi connectivity index (χ4v) is 3.80. The number of thiazole rings is 1. The SMILES string of the molecule is COc1ccc(-c2nc(C(=O)OCC(=O)N(C)Cc3c(F)cccc3Cl)cs2)cc1OC. The number of nitrogens with zero attached hydrogens (tertiary/aromatic N) is 2. The topological polar surface area (TPSA) is 78.0 Å². The molecule has 0 bridgehead atoms. The Labute approximate surface area is 193 Å². The highest BCUT2D eigenvalue weighted by Gasteiger charge is 2.19. The molecule has 0 unspecified atom stereocenters. The van der Waals surface area contributed by atoms with Crippen LogP contribution in [0.2, 0.25) is 5.02 Å². The molecule has 2 aromatic carbocycles. The van der Waals surface area contributed by atoms with Crippen LogP contribution in [-0.4, -0.2) is 49.6 Å². The number of methoxy groups -OCH3 is 2. The van der Waals surface area contributed by atoms with E-state index < -0.39 is 24.3 Å². The Balaban J connectivity index is 1.61. The molecule has 3 aromatic rings. The van der Waals surface area contributed by atoms with Gasteiger partial charge in [-0.1, -0.05) is 17.7 Å². The van der Waals surface area contributed by atoms with Gasteiger partial charge in [0.15, 0.2) is 23.8 Å². The molecule has 0 spiro atoms.